The lowest BCUT2D eigenvalue weighted by atomic mass is 10.1. The third-order valence-electron chi connectivity index (χ3n) is 1.96. The molecule has 1 aromatic rings. The first-order valence-electron chi connectivity index (χ1n) is 4.72. The number of hydrogen-bond donors (Lipinski definition) is 1. The van der Waals surface area contributed by atoms with E-state index in [0.717, 1.165) is 0 Å². The average molecular weight is 323 g/mol. The van der Waals surface area contributed by atoms with Crippen LogP contribution in [-0.2, 0) is 12.7 Å². The van der Waals surface area contributed by atoms with E-state index >= 15 is 0 Å². The molecule has 0 fully saturated rings. The summed E-state index contributed by atoms with van der Waals surface area (Å²) < 4.78 is 77.3. The van der Waals surface area contributed by atoms with Gasteiger partial charge in [0.05, 0.1) is 11.3 Å². The number of nitrogens with two attached hydrogens (primary N) is 1. The van der Waals surface area contributed by atoms with E-state index in [1.54, 1.807) is 0 Å². The molecule has 11 heteroatoms. The Morgan fingerprint density at radius 1 is 1.30 bits per heavy atom. The van der Waals surface area contributed by atoms with Gasteiger partial charge in [0.15, 0.2) is 0 Å². The second-order valence-corrected chi connectivity index (χ2v) is 3.69. The van der Waals surface area contributed by atoms with Gasteiger partial charge < -0.3 is 10.5 Å². The Hall–Kier alpha value is -1.55. The van der Waals surface area contributed by atoms with Crippen molar-refractivity contribution in [2.45, 2.75) is 19.1 Å². The molecule has 0 radical (unpaired) electrons. The van der Waals surface area contributed by atoms with Crippen molar-refractivity contribution >= 4 is 16.8 Å². The van der Waals surface area contributed by atoms with E-state index in [2.05, 4.69) is 9.72 Å². The van der Waals surface area contributed by atoms with Crippen molar-refractivity contribution < 1.29 is 35.9 Å². The summed E-state index contributed by atoms with van der Waals surface area (Å²) in [6, 6.07) is -0.0672. The van der Waals surface area contributed by atoms with Crippen LogP contribution in [0.1, 0.15) is 21.7 Å². The maximum absolute atomic E-state index is 12.5. The molecule has 0 unspecified atom stereocenters. The number of ether oxygens (including phenoxy) is 1. The van der Waals surface area contributed by atoms with Crippen LogP contribution in [0, 0.1) is 0 Å². The van der Waals surface area contributed by atoms with Crippen LogP contribution in [0.5, 0.6) is 5.75 Å². The van der Waals surface area contributed by atoms with Gasteiger partial charge in [-0.2, -0.15) is 13.2 Å². The molecule has 4 nitrogen and oxygen atoms in total. The van der Waals surface area contributed by atoms with Crippen molar-refractivity contribution in [2.75, 3.05) is 0 Å². The van der Waals surface area contributed by atoms with Gasteiger partial charge in [0.1, 0.15) is 11.4 Å². The third-order valence-corrected chi connectivity index (χ3v) is 2.15. The van der Waals surface area contributed by atoms with E-state index in [0.29, 0.717) is 0 Å². The quantitative estimate of drug-likeness (QED) is 0.686. The van der Waals surface area contributed by atoms with Crippen molar-refractivity contribution in [3.63, 3.8) is 0 Å². The van der Waals surface area contributed by atoms with E-state index in [1.165, 1.54) is 0 Å². The van der Waals surface area contributed by atoms with E-state index in [4.69, 9.17) is 17.3 Å². The van der Waals surface area contributed by atoms with Gasteiger partial charge in [-0.05, 0) is 11.6 Å². The molecule has 0 saturated heterocycles. The summed E-state index contributed by atoms with van der Waals surface area (Å²) in [6.07, 6.45) is -10.3. The molecule has 112 valence electrons. The minimum atomic E-state index is -5.31. The molecule has 0 saturated carbocycles. The fourth-order valence-corrected chi connectivity index (χ4v) is 1.48. The summed E-state index contributed by atoms with van der Waals surface area (Å²) in [5, 5.41) is -1.47. The van der Waals surface area contributed by atoms with Crippen molar-refractivity contribution in [2.24, 2.45) is 5.73 Å². The number of alkyl halides is 6. The number of rotatable bonds is 3. The molecular formula is C9H5ClF6N2O2. The molecule has 0 spiro atoms. The zero-order valence-corrected chi connectivity index (χ0v) is 10.0. The minimum absolute atomic E-state index is 0.0672. The molecule has 1 aromatic heterocycles. The van der Waals surface area contributed by atoms with Crippen molar-refractivity contribution in [1.29, 1.82) is 0 Å². The largest absolute Gasteiger partial charge is 0.573 e. The number of halogens is 7. The molecular weight excluding hydrogens is 318 g/mol. The van der Waals surface area contributed by atoms with Gasteiger partial charge in [-0.25, -0.2) is 4.98 Å². The lowest BCUT2D eigenvalue weighted by Crippen LogP contribution is -2.22. The fourth-order valence-electron chi connectivity index (χ4n) is 1.28. The Balaban J connectivity index is 3.54. The molecule has 20 heavy (non-hydrogen) atoms. The maximum atomic E-state index is 12.5. The Morgan fingerprint density at radius 2 is 1.85 bits per heavy atom. The third kappa shape index (κ3) is 3.97. The normalized spacial score (nSPS) is 12.4. The Labute approximate surface area is 112 Å². The SMILES string of the molecule is NCc1nc(C(F)(F)F)cc(OC(F)(F)F)c1C(=O)Cl. The van der Waals surface area contributed by atoms with Crippen LogP contribution in [0.4, 0.5) is 26.3 Å². The number of carbonyl (C=O) groups is 1. The number of hydrogen-bond acceptors (Lipinski definition) is 4. The molecule has 0 bridgehead atoms. The first kappa shape index (κ1) is 16.5. The number of nitrogens with zero attached hydrogens (tertiary/aromatic N) is 1. The molecule has 2 N–H and O–H groups in total. The molecule has 0 aliphatic carbocycles. The van der Waals surface area contributed by atoms with Gasteiger partial charge in [-0.1, -0.05) is 0 Å². The van der Waals surface area contributed by atoms with Crippen LogP contribution in [0.15, 0.2) is 6.07 Å². The highest BCUT2D eigenvalue weighted by Gasteiger charge is 2.38. The smallest absolute Gasteiger partial charge is 0.405 e. The average Bonchev–Trinajstić information content (AvgIpc) is 2.23. The summed E-state index contributed by atoms with van der Waals surface area (Å²) in [6.45, 7) is -0.730. The van der Waals surface area contributed by atoms with E-state index in [-0.39, 0.29) is 6.07 Å². The fraction of sp³-hybridized carbons (Fsp3) is 0.333. The predicted molar refractivity (Wildman–Crippen MR) is 54.0 cm³/mol. The van der Waals surface area contributed by atoms with Crippen LogP contribution in [0.25, 0.3) is 0 Å². The first-order chi connectivity index (χ1) is 8.95. The summed E-state index contributed by atoms with van der Waals surface area (Å²) in [5.74, 6) is -1.40. The molecule has 1 heterocycles. The second kappa shape index (κ2) is 5.44. The monoisotopic (exact) mass is 322 g/mol. The predicted octanol–water partition coefficient (Wildman–Crippen LogP) is 2.84. The van der Waals surface area contributed by atoms with Crippen LogP contribution in [-0.4, -0.2) is 16.6 Å². The molecule has 0 amide bonds. The first-order valence-corrected chi connectivity index (χ1v) is 5.10. The molecule has 0 atom stereocenters. The summed E-state index contributed by atoms with van der Waals surface area (Å²) in [5.41, 5.74) is 1.66. The number of pyridine rings is 1. The van der Waals surface area contributed by atoms with Crippen LogP contribution in [0.2, 0.25) is 0 Å². The Kier molecular flexibility index (Phi) is 4.49. The van der Waals surface area contributed by atoms with Crippen molar-refractivity contribution in [1.82, 2.24) is 4.98 Å². The van der Waals surface area contributed by atoms with E-state index in [9.17, 15) is 31.1 Å². The zero-order valence-electron chi connectivity index (χ0n) is 9.27. The van der Waals surface area contributed by atoms with Gasteiger partial charge in [0.2, 0.25) is 0 Å². The highest BCUT2D eigenvalue weighted by atomic mass is 35.5. The van der Waals surface area contributed by atoms with Gasteiger partial charge >= 0.3 is 12.5 Å². The number of carbonyl (C=O) groups excluding carboxylic acids is 1. The Bertz CT molecular complexity index is 528. The molecule has 0 aromatic carbocycles. The summed E-state index contributed by atoms with van der Waals surface area (Å²) in [4.78, 5) is 14.0. The lowest BCUT2D eigenvalue weighted by Gasteiger charge is -2.16. The Morgan fingerprint density at radius 3 is 2.20 bits per heavy atom. The van der Waals surface area contributed by atoms with Crippen molar-refractivity contribution in [3.05, 3.63) is 23.0 Å². The molecule has 0 aliphatic heterocycles. The van der Waals surface area contributed by atoms with Crippen LogP contribution in [0.3, 0.4) is 0 Å². The lowest BCUT2D eigenvalue weighted by molar-refractivity contribution is -0.274. The van der Waals surface area contributed by atoms with Gasteiger partial charge in [-0.15, -0.1) is 13.2 Å². The van der Waals surface area contributed by atoms with Gasteiger partial charge in [-0.3, -0.25) is 4.79 Å². The number of aromatic nitrogens is 1. The van der Waals surface area contributed by atoms with E-state index < -0.39 is 47.0 Å². The maximum Gasteiger partial charge on any atom is 0.573 e. The molecule has 0 aliphatic rings. The molecule has 1 rings (SSSR count). The highest BCUT2D eigenvalue weighted by molar-refractivity contribution is 6.68. The van der Waals surface area contributed by atoms with Crippen LogP contribution < -0.4 is 10.5 Å². The highest BCUT2D eigenvalue weighted by Crippen LogP contribution is 2.35. The topological polar surface area (TPSA) is 65.2 Å². The van der Waals surface area contributed by atoms with Crippen LogP contribution >= 0.6 is 11.6 Å². The van der Waals surface area contributed by atoms with Gasteiger partial charge in [0, 0.05) is 12.6 Å². The summed E-state index contributed by atoms with van der Waals surface area (Å²) in [7, 11) is 0. The second-order valence-electron chi connectivity index (χ2n) is 3.35. The van der Waals surface area contributed by atoms with Gasteiger partial charge in [0.25, 0.3) is 5.24 Å². The van der Waals surface area contributed by atoms with E-state index in [1.807, 2.05) is 0 Å². The minimum Gasteiger partial charge on any atom is -0.405 e. The zero-order chi connectivity index (χ0) is 15.7. The summed E-state index contributed by atoms with van der Waals surface area (Å²) >= 11 is 5.02. The van der Waals surface area contributed by atoms with Crippen molar-refractivity contribution in [3.8, 4) is 5.75 Å². The standard InChI is InChI=1S/C9H5ClF6N2O2/c10-7(19)6-3(2-17)18-5(8(11,12)13)1-4(6)20-9(14,15)16/h1H,2,17H2.